The maximum Gasteiger partial charge on any atom is 0.279 e. The van der Waals surface area contributed by atoms with Crippen molar-refractivity contribution in [3.05, 3.63) is 57.5 Å². The Morgan fingerprint density at radius 2 is 1.52 bits per heavy atom. The van der Waals surface area contributed by atoms with Gasteiger partial charge in [0.25, 0.3) is 5.56 Å². The van der Waals surface area contributed by atoms with Crippen molar-refractivity contribution in [3.63, 3.8) is 0 Å². The first kappa shape index (κ1) is 22.1. The van der Waals surface area contributed by atoms with Crippen molar-refractivity contribution in [2.24, 2.45) is 0 Å². The van der Waals surface area contributed by atoms with E-state index < -0.39 is 0 Å². The van der Waals surface area contributed by atoms with Gasteiger partial charge in [-0.25, -0.2) is 4.98 Å². The number of rotatable bonds is 3. The molecule has 7 heteroatoms. The molecule has 5 rings (SSSR count). The second-order valence-electron chi connectivity index (χ2n) is 9.35. The van der Waals surface area contributed by atoms with Crippen LogP contribution < -0.4 is 10.5 Å². The molecule has 3 aromatic rings. The van der Waals surface area contributed by atoms with Gasteiger partial charge in [0.05, 0.1) is 25.5 Å². The molecule has 0 bridgehead atoms. The predicted octanol–water partition coefficient (Wildman–Crippen LogP) is 4.00. The molecule has 7 nitrogen and oxygen atoms in total. The van der Waals surface area contributed by atoms with Crippen LogP contribution in [0.3, 0.4) is 0 Å². The van der Waals surface area contributed by atoms with Crippen molar-refractivity contribution < 1.29 is 4.74 Å². The summed E-state index contributed by atoms with van der Waals surface area (Å²) in [6.07, 6.45) is 11.4. The molecule has 0 atom stereocenters. The molecule has 0 spiro atoms. The first-order chi connectivity index (χ1) is 16.3. The van der Waals surface area contributed by atoms with Crippen molar-refractivity contribution in [3.8, 4) is 0 Å². The number of hydrogen-bond donors (Lipinski definition) is 0. The number of benzene rings is 1. The predicted molar refractivity (Wildman–Crippen MR) is 130 cm³/mol. The fourth-order valence-corrected chi connectivity index (χ4v) is 5.09. The van der Waals surface area contributed by atoms with E-state index in [2.05, 4.69) is 33.7 Å². The Morgan fingerprint density at radius 1 is 0.848 bits per heavy atom. The number of ether oxygens (including phenoxy) is 1. The number of nitrogens with zero attached hydrogens (tertiary/aromatic N) is 5. The molecule has 2 aromatic heterocycles. The SMILES string of the molecule is O=c1c2c(nc3n(Cc4ccccc4)c(N4CCOCC4)nn13)CCCCCCCCCC2. The van der Waals surface area contributed by atoms with Gasteiger partial charge in [-0.1, -0.05) is 68.9 Å². The normalized spacial score (nSPS) is 18.5. The maximum atomic E-state index is 13.7. The van der Waals surface area contributed by atoms with Crippen LogP contribution >= 0.6 is 0 Å². The lowest BCUT2D eigenvalue weighted by molar-refractivity contribution is 0.121. The van der Waals surface area contributed by atoms with E-state index in [0.717, 1.165) is 56.0 Å². The van der Waals surface area contributed by atoms with Crippen molar-refractivity contribution >= 4 is 11.7 Å². The van der Waals surface area contributed by atoms with Crippen LogP contribution in [0.2, 0.25) is 0 Å². The molecule has 33 heavy (non-hydrogen) atoms. The zero-order valence-corrected chi connectivity index (χ0v) is 19.5. The molecular weight excluding hydrogens is 414 g/mol. The second kappa shape index (κ2) is 10.5. The van der Waals surface area contributed by atoms with E-state index in [4.69, 9.17) is 14.8 Å². The number of aryl methyl sites for hydroxylation is 1. The van der Waals surface area contributed by atoms with E-state index in [1.165, 1.54) is 44.1 Å². The third kappa shape index (κ3) is 4.98. The molecule has 1 fully saturated rings. The minimum atomic E-state index is 0.0216. The van der Waals surface area contributed by atoms with Gasteiger partial charge in [-0.3, -0.25) is 9.36 Å². The summed E-state index contributed by atoms with van der Waals surface area (Å²) in [5, 5.41) is 4.84. The highest BCUT2D eigenvalue weighted by molar-refractivity contribution is 5.45. The average molecular weight is 450 g/mol. The van der Waals surface area contributed by atoms with Crippen LogP contribution in [-0.2, 0) is 24.1 Å². The Hall–Kier alpha value is -2.67. The summed E-state index contributed by atoms with van der Waals surface area (Å²) < 4.78 is 9.26. The monoisotopic (exact) mass is 449 g/mol. The van der Waals surface area contributed by atoms with Crippen LogP contribution in [-0.4, -0.2) is 45.5 Å². The quantitative estimate of drug-likeness (QED) is 0.605. The van der Waals surface area contributed by atoms with Crippen molar-refractivity contribution in [1.82, 2.24) is 19.2 Å². The van der Waals surface area contributed by atoms with E-state index in [9.17, 15) is 4.79 Å². The highest BCUT2D eigenvalue weighted by Crippen LogP contribution is 2.21. The average Bonchev–Trinajstić information content (AvgIpc) is 3.20. The van der Waals surface area contributed by atoms with E-state index >= 15 is 0 Å². The lowest BCUT2D eigenvalue weighted by atomic mass is 9.99. The first-order valence-electron chi connectivity index (χ1n) is 12.7. The van der Waals surface area contributed by atoms with Crippen molar-refractivity contribution in [1.29, 1.82) is 0 Å². The smallest absolute Gasteiger partial charge is 0.279 e. The molecule has 0 N–H and O–H groups in total. The number of aromatic nitrogens is 4. The van der Waals surface area contributed by atoms with E-state index in [1.54, 1.807) is 4.52 Å². The second-order valence-corrected chi connectivity index (χ2v) is 9.35. The molecule has 0 unspecified atom stereocenters. The summed E-state index contributed by atoms with van der Waals surface area (Å²) in [6, 6.07) is 10.4. The highest BCUT2D eigenvalue weighted by Gasteiger charge is 2.24. The van der Waals surface area contributed by atoms with Gasteiger partial charge in [0.2, 0.25) is 11.7 Å². The van der Waals surface area contributed by atoms with Gasteiger partial charge in [0.15, 0.2) is 0 Å². The fourth-order valence-electron chi connectivity index (χ4n) is 5.09. The van der Waals surface area contributed by atoms with Crippen LogP contribution in [0, 0.1) is 0 Å². The van der Waals surface area contributed by atoms with Crippen molar-refractivity contribution in [2.75, 3.05) is 31.2 Å². The van der Waals surface area contributed by atoms with Crippen LogP contribution in [0.25, 0.3) is 5.78 Å². The zero-order valence-electron chi connectivity index (χ0n) is 19.5. The van der Waals surface area contributed by atoms with Crippen LogP contribution in [0.4, 0.5) is 5.95 Å². The van der Waals surface area contributed by atoms with E-state index in [-0.39, 0.29) is 5.56 Å². The molecular formula is C26H35N5O2. The molecule has 1 saturated heterocycles. The fraction of sp³-hybridized carbons (Fsp3) is 0.577. The molecule has 0 amide bonds. The summed E-state index contributed by atoms with van der Waals surface area (Å²) in [7, 11) is 0. The molecule has 0 radical (unpaired) electrons. The number of anilines is 1. The van der Waals surface area contributed by atoms with Gasteiger partial charge < -0.3 is 9.64 Å². The number of morpholine rings is 1. The van der Waals surface area contributed by atoms with Crippen LogP contribution in [0.5, 0.6) is 0 Å². The Bertz CT molecular complexity index is 1120. The number of fused-ring (bicyclic) bond motifs is 2. The molecule has 1 aliphatic carbocycles. The molecule has 176 valence electrons. The summed E-state index contributed by atoms with van der Waals surface area (Å²) in [4.78, 5) is 21.0. The van der Waals surface area contributed by atoms with Gasteiger partial charge in [-0.15, -0.1) is 5.10 Å². The Labute approximate surface area is 195 Å². The topological polar surface area (TPSA) is 64.7 Å². The summed E-state index contributed by atoms with van der Waals surface area (Å²) in [5.74, 6) is 1.48. The third-order valence-corrected chi connectivity index (χ3v) is 6.96. The molecule has 1 aliphatic heterocycles. The Morgan fingerprint density at radius 3 is 2.24 bits per heavy atom. The zero-order chi connectivity index (χ0) is 22.5. The summed E-state index contributed by atoms with van der Waals surface area (Å²) in [6.45, 7) is 3.53. The molecule has 2 aliphatic rings. The van der Waals surface area contributed by atoms with E-state index in [0.29, 0.717) is 25.5 Å². The number of hydrogen-bond acceptors (Lipinski definition) is 5. The van der Waals surface area contributed by atoms with Gasteiger partial charge >= 0.3 is 0 Å². The molecule has 3 heterocycles. The third-order valence-electron chi connectivity index (χ3n) is 6.96. The first-order valence-corrected chi connectivity index (χ1v) is 12.7. The van der Waals surface area contributed by atoms with Crippen LogP contribution in [0.1, 0.15) is 68.2 Å². The van der Waals surface area contributed by atoms with Gasteiger partial charge in [-0.2, -0.15) is 4.52 Å². The van der Waals surface area contributed by atoms with E-state index in [1.807, 2.05) is 6.07 Å². The Kier molecular flexibility index (Phi) is 7.05. The largest absolute Gasteiger partial charge is 0.378 e. The minimum absolute atomic E-state index is 0.0216. The lowest BCUT2D eigenvalue weighted by Crippen LogP contribution is -2.38. The molecule has 0 saturated carbocycles. The van der Waals surface area contributed by atoms with Gasteiger partial charge in [0, 0.05) is 18.7 Å². The minimum Gasteiger partial charge on any atom is -0.378 e. The maximum absolute atomic E-state index is 13.7. The van der Waals surface area contributed by atoms with Crippen molar-refractivity contribution in [2.45, 2.75) is 70.8 Å². The summed E-state index contributed by atoms with van der Waals surface area (Å²) in [5.41, 5.74) is 3.07. The van der Waals surface area contributed by atoms with Gasteiger partial charge in [-0.05, 0) is 31.2 Å². The van der Waals surface area contributed by atoms with Gasteiger partial charge in [0.1, 0.15) is 0 Å². The molecule has 1 aromatic carbocycles. The lowest BCUT2D eigenvalue weighted by Gasteiger charge is -2.27. The standard InChI is InChI=1S/C26H35N5O2/c32-24-22-14-10-5-3-1-2-4-6-11-15-23(22)27-25-30(20-21-12-8-7-9-13-21)26(28-31(24)25)29-16-18-33-19-17-29/h7-9,12-13H,1-6,10-11,14-20H2. The Balaban J connectivity index is 1.61. The summed E-state index contributed by atoms with van der Waals surface area (Å²) >= 11 is 0. The highest BCUT2D eigenvalue weighted by atomic mass is 16.5. The van der Waals surface area contributed by atoms with Crippen LogP contribution in [0.15, 0.2) is 35.1 Å².